The number of nitrogens with zero attached hydrogens (tertiary/aromatic N) is 3. The van der Waals surface area contributed by atoms with Crippen LogP contribution in [0.4, 0.5) is 0 Å². The molecule has 35 heavy (non-hydrogen) atoms. The zero-order valence-electron chi connectivity index (χ0n) is 19.2. The minimum atomic E-state index is -1.05. The number of hydrogen-bond donors (Lipinski definition) is 2. The summed E-state index contributed by atoms with van der Waals surface area (Å²) < 4.78 is 5.53. The van der Waals surface area contributed by atoms with Crippen molar-refractivity contribution >= 4 is 35.0 Å². The van der Waals surface area contributed by atoms with Crippen LogP contribution in [0.25, 0.3) is 11.3 Å². The Kier molecular flexibility index (Phi) is 7.54. The third-order valence-electron chi connectivity index (χ3n) is 5.81. The van der Waals surface area contributed by atoms with E-state index in [0.29, 0.717) is 34.2 Å². The number of amides is 2. The second kappa shape index (κ2) is 10.6. The van der Waals surface area contributed by atoms with Gasteiger partial charge in [-0.15, -0.1) is 0 Å². The summed E-state index contributed by atoms with van der Waals surface area (Å²) in [6.45, 7) is 3.94. The third-order valence-corrected chi connectivity index (χ3v) is 6.27. The Hall–Kier alpha value is -3.20. The second-order valence-corrected chi connectivity index (χ2v) is 8.82. The molecule has 0 aliphatic carbocycles. The van der Waals surface area contributed by atoms with Gasteiger partial charge in [-0.05, 0) is 54.8 Å². The van der Waals surface area contributed by atoms with E-state index in [1.165, 1.54) is 11.1 Å². The summed E-state index contributed by atoms with van der Waals surface area (Å²) in [5.74, 6) is -0.108. The van der Waals surface area contributed by atoms with Gasteiger partial charge in [-0.2, -0.15) is 0 Å². The first-order valence-corrected chi connectivity index (χ1v) is 11.8. The van der Waals surface area contributed by atoms with Gasteiger partial charge in [0.2, 0.25) is 11.2 Å². The van der Waals surface area contributed by atoms with Crippen molar-refractivity contribution in [3.8, 4) is 17.0 Å². The topological polar surface area (TPSA) is 105 Å². The molecule has 8 nitrogen and oxygen atoms in total. The van der Waals surface area contributed by atoms with Gasteiger partial charge in [0.15, 0.2) is 0 Å². The van der Waals surface area contributed by atoms with E-state index in [1.807, 2.05) is 38.1 Å². The highest BCUT2D eigenvalue weighted by Gasteiger charge is 2.36. The average molecular weight is 515 g/mol. The molecule has 0 fully saturated rings. The molecule has 0 saturated heterocycles. The summed E-state index contributed by atoms with van der Waals surface area (Å²) in [5, 5.41) is 13.3. The summed E-state index contributed by atoms with van der Waals surface area (Å²) in [6.07, 6.45) is 1.39. The lowest BCUT2D eigenvalue weighted by Gasteiger charge is -2.27. The predicted molar refractivity (Wildman–Crippen MR) is 132 cm³/mol. The van der Waals surface area contributed by atoms with Crippen molar-refractivity contribution in [2.75, 3.05) is 13.2 Å². The van der Waals surface area contributed by atoms with Crippen molar-refractivity contribution in [3.05, 3.63) is 75.7 Å². The normalized spacial score (nSPS) is 14.4. The smallest absolute Gasteiger partial charge is 0.255 e. The summed E-state index contributed by atoms with van der Waals surface area (Å²) in [6, 6.07) is 11.2. The van der Waals surface area contributed by atoms with Crippen LogP contribution in [0.2, 0.25) is 10.3 Å². The van der Waals surface area contributed by atoms with Crippen LogP contribution in [0.5, 0.6) is 5.75 Å². The van der Waals surface area contributed by atoms with Gasteiger partial charge >= 0.3 is 0 Å². The van der Waals surface area contributed by atoms with Crippen molar-refractivity contribution in [1.29, 1.82) is 0 Å². The van der Waals surface area contributed by atoms with Crippen molar-refractivity contribution in [1.82, 2.24) is 20.2 Å². The van der Waals surface area contributed by atoms with E-state index in [0.717, 1.165) is 11.1 Å². The van der Waals surface area contributed by atoms with Crippen molar-refractivity contribution in [2.45, 2.75) is 32.5 Å². The molecule has 0 spiro atoms. The zero-order valence-corrected chi connectivity index (χ0v) is 20.7. The van der Waals surface area contributed by atoms with Gasteiger partial charge in [0.05, 0.1) is 36.2 Å². The molecule has 182 valence electrons. The SMILES string of the molecule is CCOc1cccc([C@@H](C)NC(=O)[C@@H](CO)N2Cc3ccc(-c4nc(Cl)ncc4Cl)cc3C2=O)c1. The summed E-state index contributed by atoms with van der Waals surface area (Å²) in [4.78, 5) is 35.7. The maximum Gasteiger partial charge on any atom is 0.255 e. The van der Waals surface area contributed by atoms with Crippen molar-refractivity contribution in [3.63, 3.8) is 0 Å². The highest BCUT2D eigenvalue weighted by atomic mass is 35.5. The fourth-order valence-electron chi connectivity index (χ4n) is 4.03. The number of halogens is 2. The minimum absolute atomic E-state index is 0.0378. The molecule has 2 atom stereocenters. The van der Waals surface area contributed by atoms with Gasteiger partial charge in [-0.3, -0.25) is 9.59 Å². The van der Waals surface area contributed by atoms with Crippen LogP contribution in [-0.4, -0.2) is 51.0 Å². The molecule has 1 aliphatic rings. The number of fused-ring (bicyclic) bond motifs is 1. The number of carbonyl (C=O) groups excluding carboxylic acids is 2. The number of ether oxygens (including phenoxy) is 1. The number of nitrogens with one attached hydrogen (secondary N) is 1. The molecule has 4 rings (SSSR count). The lowest BCUT2D eigenvalue weighted by molar-refractivity contribution is -0.127. The quantitative estimate of drug-likeness (QED) is 0.439. The number of aliphatic hydroxyl groups excluding tert-OH is 1. The number of rotatable bonds is 8. The Morgan fingerprint density at radius 3 is 2.80 bits per heavy atom. The Labute approximate surface area is 212 Å². The molecular formula is C25H24Cl2N4O4. The van der Waals surface area contributed by atoms with Gasteiger partial charge in [-0.1, -0.05) is 35.9 Å². The van der Waals surface area contributed by atoms with Gasteiger partial charge < -0.3 is 20.1 Å². The minimum Gasteiger partial charge on any atom is -0.494 e. The van der Waals surface area contributed by atoms with Gasteiger partial charge in [0.1, 0.15) is 11.8 Å². The summed E-state index contributed by atoms with van der Waals surface area (Å²) in [5.41, 5.74) is 3.00. The molecule has 0 saturated carbocycles. The Morgan fingerprint density at radius 1 is 1.26 bits per heavy atom. The van der Waals surface area contributed by atoms with E-state index in [1.54, 1.807) is 18.2 Å². The Balaban J connectivity index is 1.52. The maximum absolute atomic E-state index is 13.2. The van der Waals surface area contributed by atoms with Crippen LogP contribution < -0.4 is 10.1 Å². The summed E-state index contributed by atoms with van der Waals surface area (Å²) in [7, 11) is 0. The first-order valence-electron chi connectivity index (χ1n) is 11.1. The molecule has 1 aromatic heterocycles. The van der Waals surface area contributed by atoms with E-state index < -0.39 is 18.6 Å². The molecule has 0 unspecified atom stereocenters. The monoisotopic (exact) mass is 514 g/mol. The molecule has 2 aromatic carbocycles. The number of carbonyl (C=O) groups is 2. The van der Waals surface area contributed by atoms with Crippen molar-refractivity contribution in [2.24, 2.45) is 0 Å². The van der Waals surface area contributed by atoms with E-state index in [-0.39, 0.29) is 23.8 Å². The molecule has 2 amide bonds. The van der Waals surface area contributed by atoms with Crippen LogP contribution in [0, 0.1) is 0 Å². The number of aromatic nitrogens is 2. The molecular weight excluding hydrogens is 491 g/mol. The first-order chi connectivity index (χ1) is 16.8. The van der Waals surface area contributed by atoms with E-state index in [9.17, 15) is 14.7 Å². The van der Waals surface area contributed by atoms with Gasteiger partial charge in [0.25, 0.3) is 5.91 Å². The Morgan fingerprint density at radius 2 is 2.06 bits per heavy atom. The predicted octanol–water partition coefficient (Wildman–Crippen LogP) is 4.04. The molecule has 2 N–H and O–H groups in total. The fraction of sp³-hybridized carbons (Fsp3) is 0.280. The zero-order chi connectivity index (χ0) is 25.1. The Bertz CT molecular complexity index is 1270. The number of benzene rings is 2. The van der Waals surface area contributed by atoms with Crippen LogP contribution >= 0.6 is 23.2 Å². The largest absolute Gasteiger partial charge is 0.494 e. The van der Waals surface area contributed by atoms with Crippen molar-refractivity contribution < 1.29 is 19.4 Å². The van der Waals surface area contributed by atoms with Crippen LogP contribution in [0.3, 0.4) is 0 Å². The van der Waals surface area contributed by atoms with E-state index in [2.05, 4.69) is 15.3 Å². The number of hydrogen-bond acceptors (Lipinski definition) is 6. The highest BCUT2D eigenvalue weighted by molar-refractivity contribution is 6.33. The van der Waals surface area contributed by atoms with Crippen LogP contribution in [-0.2, 0) is 11.3 Å². The molecule has 2 heterocycles. The van der Waals surface area contributed by atoms with E-state index >= 15 is 0 Å². The highest BCUT2D eigenvalue weighted by Crippen LogP contribution is 2.32. The molecule has 1 aliphatic heterocycles. The van der Waals surface area contributed by atoms with Crippen LogP contribution in [0.1, 0.15) is 41.4 Å². The molecule has 0 radical (unpaired) electrons. The standard InChI is InChI=1S/C25H24Cl2N4O4/c1-3-35-18-6-4-5-15(9-18)14(2)29-23(33)21(13-32)31-12-17-8-7-16(10-19(17)24(31)34)22-20(26)11-28-25(27)30-22/h4-11,14,21,32H,3,12-13H2,1-2H3,(H,29,33)/t14-,21-/m1/s1. The fourth-order valence-corrected chi connectivity index (χ4v) is 4.36. The third kappa shape index (κ3) is 5.24. The van der Waals surface area contributed by atoms with Gasteiger partial charge in [0, 0.05) is 17.7 Å². The van der Waals surface area contributed by atoms with E-state index in [4.69, 9.17) is 27.9 Å². The average Bonchev–Trinajstić information content (AvgIpc) is 3.17. The number of aliphatic hydroxyl groups is 1. The molecule has 0 bridgehead atoms. The molecule has 10 heteroatoms. The van der Waals surface area contributed by atoms with Gasteiger partial charge in [-0.25, -0.2) is 9.97 Å². The first kappa shape index (κ1) is 24.9. The maximum atomic E-state index is 13.2. The lowest BCUT2D eigenvalue weighted by Crippen LogP contribution is -2.49. The second-order valence-electron chi connectivity index (χ2n) is 8.07. The summed E-state index contributed by atoms with van der Waals surface area (Å²) >= 11 is 12.1. The molecule has 3 aromatic rings. The lowest BCUT2D eigenvalue weighted by atomic mass is 10.0. The van der Waals surface area contributed by atoms with Crippen LogP contribution in [0.15, 0.2) is 48.7 Å².